The number of nitrogens with one attached hydrogen (secondary N) is 1. The molecule has 3 rings (SSSR count). The molecule has 0 aromatic heterocycles. The van der Waals surface area contributed by atoms with Gasteiger partial charge >= 0.3 is 0 Å². The largest absolute Gasteiger partial charge is 0.385 e. The van der Waals surface area contributed by atoms with Crippen molar-refractivity contribution in [2.45, 2.75) is 26.7 Å². The molecule has 2 aliphatic carbocycles. The van der Waals surface area contributed by atoms with Crippen molar-refractivity contribution in [3.63, 3.8) is 0 Å². The van der Waals surface area contributed by atoms with Crippen LogP contribution in [0.5, 0.6) is 0 Å². The molecule has 0 heterocycles. The fourth-order valence-corrected chi connectivity index (χ4v) is 3.66. The summed E-state index contributed by atoms with van der Waals surface area (Å²) in [7, 11) is 0. The molecule has 0 aliphatic heterocycles. The Hall–Kier alpha value is -0.760. The molecule has 96 valence electrons. The Morgan fingerprint density at radius 2 is 1.89 bits per heavy atom. The van der Waals surface area contributed by atoms with E-state index < -0.39 is 0 Å². The summed E-state index contributed by atoms with van der Waals surface area (Å²) in [6, 6.07) is 4.47. The van der Waals surface area contributed by atoms with Crippen LogP contribution in [0.2, 0.25) is 0 Å². The number of anilines is 1. The van der Waals surface area contributed by atoms with Crippen LogP contribution in [0.3, 0.4) is 0 Å². The number of halogens is 1. The van der Waals surface area contributed by atoms with Crippen molar-refractivity contribution in [2.75, 3.05) is 11.9 Å². The van der Waals surface area contributed by atoms with Gasteiger partial charge in [0, 0.05) is 16.7 Å². The number of hydrogen-bond acceptors (Lipinski definition) is 1. The predicted molar refractivity (Wildman–Crippen MR) is 80.9 cm³/mol. The summed E-state index contributed by atoms with van der Waals surface area (Å²) >= 11 is 3.62. The summed E-state index contributed by atoms with van der Waals surface area (Å²) in [6.07, 6.45) is 7.61. The van der Waals surface area contributed by atoms with Crippen LogP contribution in [0, 0.1) is 31.6 Å². The van der Waals surface area contributed by atoms with Gasteiger partial charge in [-0.15, -0.1) is 0 Å². The van der Waals surface area contributed by atoms with Crippen LogP contribution in [0.15, 0.2) is 28.8 Å². The second-order valence-corrected chi connectivity index (χ2v) is 6.64. The first-order valence-electron chi connectivity index (χ1n) is 6.82. The molecule has 1 saturated carbocycles. The van der Waals surface area contributed by atoms with E-state index in [1.807, 2.05) is 0 Å². The fourth-order valence-electron chi connectivity index (χ4n) is 3.43. The third kappa shape index (κ3) is 2.23. The van der Waals surface area contributed by atoms with Crippen molar-refractivity contribution >= 4 is 21.6 Å². The van der Waals surface area contributed by atoms with Gasteiger partial charge in [-0.1, -0.05) is 28.1 Å². The third-order valence-corrected chi connectivity index (χ3v) is 5.67. The monoisotopic (exact) mass is 305 g/mol. The Kier molecular flexibility index (Phi) is 3.23. The van der Waals surface area contributed by atoms with Gasteiger partial charge in [0.1, 0.15) is 0 Å². The molecule has 1 nitrogen and oxygen atoms in total. The zero-order chi connectivity index (χ0) is 12.7. The van der Waals surface area contributed by atoms with Gasteiger partial charge in [0.2, 0.25) is 0 Å². The molecular formula is C16H20BrN. The summed E-state index contributed by atoms with van der Waals surface area (Å²) in [5.74, 6) is 2.54. The van der Waals surface area contributed by atoms with Gasteiger partial charge in [0.05, 0.1) is 0 Å². The molecule has 18 heavy (non-hydrogen) atoms. The lowest BCUT2D eigenvalue weighted by Gasteiger charge is -2.20. The predicted octanol–water partition coefficient (Wildman–Crippen LogP) is 4.69. The quantitative estimate of drug-likeness (QED) is 0.799. The Bertz CT molecular complexity index is 469. The molecule has 1 aromatic carbocycles. The van der Waals surface area contributed by atoms with Crippen molar-refractivity contribution in [2.24, 2.45) is 17.8 Å². The highest BCUT2D eigenvalue weighted by Crippen LogP contribution is 2.43. The highest BCUT2D eigenvalue weighted by Gasteiger charge is 2.35. The Morgan fingerprint density at radius 1 is 1.17 bits per heavy atom. The number of allylic oxidation sites excluding steroid dienone is 2. The fraction of sp³-hybridized carbons (Fsp3) is 0.500. The Morgan fingerprint density at radius 3 is 2.44 bits per heavy atom. The lowest BCUT2D eigenvalue weighted by Crippen LogP contribution is -2.18. The van der Waals surface area contributed by atoms with E-state index in [1.165, 1.54) is 34.1 Å². The normalized spacial score (nSPS) is 28.9. The molecule has 0 amide bonds. The number of fused-ring (bicyclic) bond motifs is 2. The molecule has 0 radical (unpaired) electrons. The molecule has 2 heteroatoms. The van der Waals surface area contributed by atoms with E-state index in [9.17, 15) is 0 Å². The second kappa shape index (κ2) is 4.73. The highest BCUT2D eigenvalue weighted by atomic mass is 79.9. The lowest BCUT2D eigenvalue weighted by atomic mass is 9.93. The molecule has 1 aromatic rings. The molecular weight excluding hydrogens is 286 g/mol. The highest BCUT2D eigenvalue weighted by molar-refractivity contribution is 9.10. The van der Waals surface area contributed by atoms with Gasteiger partial charge < -0.3 is 5.32 Å². The van der Waals surface area contributed by atoms with Crippen LogP contribution in [0.4, 0.5) is 5.69 Å². The zero-order valence-electron chi connectivity index (χ0n) is 11.0. The van der Waals surface area contributed by atoms with Gasteiger partial charge in [0.15, 0.2) is 0 Å². The van der Waals surface area contributed by atoms with Gasteiger partial charge in [0.25, 0.3) is 0 Å². The van der Waals surface area contributed by atoms with Gasteiger partial charge in [-0.3, -0.25) is 0 Å². The van der Waals surface area contributed by atoms with Crippen LogP contribution in [0.1, 0.15) is 24.0 Å². The molecule has 2 bridgehead atoms. The van der Waals surface area contributed by atoms with Crippen LogP contribution in [-0.4, -0.2) is 6.54 Å². The molecule has 1 fully saturated rings. The summed E-state index contributed by atoms with van der Waals surface area (Å²) in [4.78, 5) is 0. The summed E-state index contributed by atoms with van der Waals surface area (Å²) in [6.45, 7) is 5.43. The van der Waals surface area contributed by atoms with Crippen LogP contribution in [0.25, 0.3) is 0 Å². The van der Waals surface area contributed by atoms with E-state index in [-0.39, 0.29) is 0 Å². The van der Waals surface area contributed by atoms with Crippen molar-refractivity contribution < 1.29 is 0 Å². The number of aryl methyl sites for hydroxylation is 2. The van der Waals surface area contributed by atoms with Gasteiger partial charge in [-0.25, -0.2) is 0 Å². The molecule has 3 unspecified atom stereocenters. The maximum Gasteiger partial charge on any atom is 0.0346 e. The lowest BCUT2D eigenvalue weighted by molar-refractivity contribution is 0.472. The summed E-state index contributed by atoms with van der Waals surface area (Å²) in [5, 5.41) is 3.63. The maximum atomic E-state index is 3.63. The summed E-state index contributed by atoms with van der Waals surface area (Å²) in [5.41, 5.74) is 3.88. The maximum absolute atomic E-state index is 3.63. The van der Waals surface area contributed by atoms with Crippen LogP contribution < -0.4 is 5.32 Å². The molecule has 0 saturated heterocycles. The Balaban J connectivity index is 1.65. The van der Waals surface area contributed by atoms with E-state index in [1.54, 1.807) is 0 Å². The van der Waals surface area contributed by atoms with Crippen molar-refractivity contribution in [3.8, 4) is 0 Å². The van der Waals surface area contributed by atoms with Gasteiger partial charge in [-0.2, -0.15) is 0 Å². The number of rotatable bonds is 3. The smallest absolute Gasteiger partial charge is 0.0346 e. The van der Waals surface area contributed by atoms with Crippen molar-refractivity contribution in [3.05, 3.63) is 39.9 Å². The topological polar surface area (TPSA) is 12.0 Å². The number of hydrogen-bond donors (Lipinski definition) is 1. The molecule has 1 N–H and O–H groups in total. The van der Waals surface area contributed by atoms with E-state index in [0.29, 0.717) is 0 Å². The SMILES string of the molecule is Cc1cc(NCC2CC3C=CC2C3)cc(C)c1Br. The van der Waals surface area contributed by atoms with Crippen LogP contribution in [-0.2, 0) is 0 Å². The standard InChI is InChI=1S/C16H20BrN/c1-10-5-15(6-11(2)16(10)17)18-9-14-8-12-3-4-13(14)7-12/h3-6,12-14,18H,7-9H2,1-2H3. The minimum Gasteiger partial charge on any atom is -0.385 e. The van der Waals surface area contributed by atoms with E-state index in [2.05, 4.69) is 59.4 Å². The zero-order valence-corrected chi connectivity index (χ0v) is 12.6. The third-order valence-electron chi connectivity index (χ3n) is 4.42. The summed E-state index contributed by atoms with van der Waals surface area (Å²) < 4.78 is 1.23. The first kappa shape index (κ1) is 12.3. The van der Waals surface area contributed by atoms with E-state index in [0.717, 1.165) is 24.3 Å². The minimum atomic E-state index is 0.833. The second-order valence-electron chi connectivity index (χ2n) is 5.85. The van der Waals surface area contributed by atoms with E-state index in [4.69, 9.17) is 0 Å². The molecule has 2 aliphatic rings. The average Bonchev–Trinajstić information content (AvgIpc) is 2.95. The van der Waals surface area contributed by atoms with Crippen molar-refractivity contribution in [1.82, 2.24) is 0 Å². The molecule has 3 atom stereocenters. The Labute approximate surface area is 118 Å². The van der Waals surface area contributed by atoms with Gasteiger partial charge in [-0.05, 0) is 67.7 Å². The first-order chi connectivity index (χ1) is 8.63. The molecule has 0 spiro atoms. The van der Waals surface area contributed by atoms with Crippen molar-refractivity contribution in [1.29, 1.82) is 0 Å². The average molecular weight is 306 g/mol. The minimum absolute atomic E-state index is 0.833. The number of benzene rings is 1. The van der Waals surface area contributed by atoms with E-state index >= 15 is 0 Å². The van der Waals surface area contributed by atoms with Crippen LogP contribution >= 0.6 is 15.9 Å². The first-order valence-corrected chi connectivity index (χ1v) is 7.61.